The van der Waals surface area contributed by atoms with Gasteiger partial charge in [-0.05, 0) is 38.6 Å². The highest BCUT2D eigenvalue weighted by Crippen LogP contribution is 2.45. The van der Waals surface area contributed by atoms with E-state index in [1.807, 2.05) is 0 Å². The van der Waals surface area contributed by atoms with E-state index in [1.165, 1.54) is 32.1 Å². The Labute approximate surface area is 126 Å². The van der Waals surface area contributed by atoms with E-state index in [0.29, 0.717) is 5.41 Å². The molecule has 0 aromatic rings. The van der Waals surface area contributed by atoms with Crippen LogP contribution in [-0.2, 0) is 9.59 Å². The van der Waals surface area contributed by atoms with E-state index in [4.69, 9.17) is 0 Å². The highest BCUT2D eigenvalue weighted by Gasteiger charge is 2.49. The van der Waals surface area contributed by atoms with Crippen LogP contribution in [0, 0.1) is 5.41 Å². The molecule has 3 heterocycles. The van der Waals surface area contributed by atoms with Gasteiger partial charge in [-0.25, -0.2) is 0 Å². The molecule has 4 rings (SSSR count). The van der Waals surface area contributed by atoms with Gasteiger partial charge in [0.25, 0.3) is 0 Å². The van der Waals surface area contributed by atoms with Crippen LogP contribution in [0.4, 0.5) is 0 Å². The maximum absolute atomic E-state index is 12.4. The fourth-order valence-corrected chi connectivity index (χ4v) is 4.88. The standard InChI is InChI=1S/C16H25N3O2/c20-13(18-9-7-16(12-18)6-3-8-17-16)14(21)19-10-15(11-19)4-1-2-5-15/h17H,1-12H2. The summed E-state index contributed by atoms with van der Waals surface area (Å²) in [5, 5.41) is 3.53. The van der Waals surface area contributed by atoms with Crippen molar-refractivity contribution in [1.82, 2.24) is 15.1 Å². The summed E-state index contributed by atoms with van der Waals surface area (Å²) in [6, 6.07) is 0. The van der Waals surface area contributed by atoms with E-state index in [-0.39, 0.29) is 17.4 Å². The van der Waals surface area contributed by atoms with Gasteiger partial charge in [0.1, 0.15) is 0 Å². The van der Waals surface area contributed by atoms with Gasteiger partial charge in [-0.15, -0.1) is 0 Å². The van der Waals surface area contributed by atoms with Gasteiger partial charge in [-0.2, -0.15) is 0 Å². The summed E-state index contributed by atoms with van der Waals surface area (Å²) in [6.07, 6.45) is 8.37. The van der Waals surface area contributed by atoms with Crippen molar-refractivity contribution in [2.45, 2.75) is 50.5 Å². The molecule has 5 heteroatoms. The predicted molar refractivity (Wildman–Crippen MR) is 78.6 cm³/mol. The normalized spacial score (nSPS) is 33.9. The van der Waals surface area contributed by atoms with Crippen LogP contribution in [0.2, 0.25) is 0 Å². The third kappa shape index (κ3) is 2.17. The monoisotopic (exact) mass is 291 g/mol. The molecule has 0 radical (unpaired) electrons. The van der Waals surface area contributed by atoms with Crippen molar-refractivity contribution in [3.8, 4) is 0 Å². The minimum Gasteiger partial charge on any atom is -0.333 e. The maximum Gasteiger partial charge on any atom is 0.312 e. The Hall–Kier alpha value is -1.10. The number of carbonyl (C=O) groups excluding carboxylic acids is 2. The Bertz CT molecular complexity index is 456. The average Bonchev–Trinajstić information content (AvgIpc) is 3.17. The molecule has 1 unspecified atom stereocenters. The summed E-state index contributed by atoms with van der Waals surface area (Å²) in [6.45, 7) is 4.13. The second kappa shape index (κ2) is 4.70. The van der Waals surface area contributed by atoms with E-state index in [0.717, 1.165) is 45.6 Å². The van der Waals surface area contributed by atoms with Crippen LogP contribution in [-0.4, -0.2) is 59.9 Å². The largest absolute Gasteiger partial charge is 0.333 e. The first-order chi connectivity index (χ1) is 10.1. The molecule has 0 bridgehead atoms. The topological polar surface area (TPSA) is 52.7 Å². The smallest absolute Gasteiger partial charge is 0.312 e. The zero-order chi connectivity index (χ0) is 14.5. The third-order valence-electron chi connectivity index (χ3n) is 6.16. The van der Waals surface area contributed by atoms with Crippen LogP contribution in [0.3, 0.4) is 0 Å². The number of hydrogen-bond acceptors (Lipinski definition) is 3. The molecule has 1 saturated carbocycles. The first-order valence-corrected chi connectivity index (χ1v) is 8.45. The number of nitrogens with one attached hydrogen (secondary N) is 1. The van der Waals surface area contributed by atoms with Crippen molar-refractivity contribution < 1.29 is 9.59 Å². The molecular weight excluding hydrogens is 266 g/mol. The van der Waals surface area contributed by atoms with E-state index in [1.54, 1.807) is 9.80 Å². The second-order valence-electron chi connectivity index (χ2n) is 7.66. The summed E-state index contributed by atoms with van der Waals surface area (Å²) in [4.78, 5) is 28.4. The molecule has 2 spiro atoms. The van der Waals surface area contributed by atoms with Gasteiger partial charge in [0, 0.05) is 37.1 Å². The molecule has 3 aliphatic heterocycles. The van der Waals surface area contributed by atoms with Crippen molar-refractivity contribution >= 4 is 11.8 Å². The Morgan fingerprint density at radius 3 is 2.19 bits per heavy atom. The van der Waals surface area contributed by atoms with Gasteiger partial charge in [-0.1, -0.05) is 12.8 Å². The zero-order valence-corrected chi connectivity index (χ0v) is 12.7. The summed E-state index contributed by atoms with van der Waals surface area (Å²) >= 11 is 0. The van der Waals surface area contributed by atoms with E-state index >= 15 is 0 Å². The summed E-state index contributed by atoms with van der Waals surface area (Å²) in [5.41, 5.74) is 0.479. The first-order valence-electron chi connectivity index (χ1n) is 8.45. The quantitative estimate of drug-likeness (QED) is 0.670. The van der Waals surface area contributed by atoms with Crippen molar-refractivity contribution in [3.63, 3.8) is 0 Å². The molecule has 0 aromatic heterocycles. The number of carbonyl (C=O) groups is 2. The molecule has 4 aliphatic rings. The Balaban J connectivity index is 1.34. The summed E-state index contributed by atoms with van der Waals surface area (Å²) < 4.78 is 0. The number of hydrogen-bond donors (Lipinski definition) is 1. The number of nitrogens with zero attached hydrogens (tertiary/aromatic N) is 2. The minimum atomic E-state index is -0.270. The van der Waals surface area contributed by atoms with Crippen LogP contribution in [0.5, 0.6) is 0 Å². The molecule has 2 amide bonds. The van der Waals surface area contributed by atoms with Gasteiger partial charge in [0.15, 0.2) is 0 Å². The number of rotatable bonds is 0. The predicted octanol–water partition coefficient (Wildman–Crippen LogP) is 0.743. The second-order valence-corrected chi connectivity index (χ2v) is 7.66. The van der Waals surface area contributed by atoms with Crippen molar-refractivity contribution in [2.24, 2.45) is 5.41 Å². The summed E-state index contributed by atoms with van der Waals surface area (Å²) in [5.74, 6) is -0.531. The molecule has 21 heavy (non-hydrogen) atoms. The molecule has 1 N–H and O–H groups in total. The Kier molecular flexibility index (Phi) is 3.03. The van der Waals surface area contributed by atoms with Gasteiger partial charge in [0.05, 0.1) is 0 Å². The molecule has 3 saturated heterocycles. The zero-order valence-electron chi connectivity index (χ0n) is 12.7. The fraction of sp³-hybridized carbons (Fsp3) is 0.875. The fourth-order valence-electron chi connectivity index (χ4n) is 4.88. The van der Waals surface area contributed by atoms with Crippen molar-refractivity contribution in [1.29, 1.82) is 0 Å². The van der Waals surface area contributed by atoms with Gasteiger partial charge in [0.2, 0.25) is 0 Å². The van der Waals surface area contributed by atoms with E-state index in [9.17, 15) is 9.59 Å². The van der Waals surface area contributed by atoms with Crippen molar-refractivity contribution in [2.75, 3.05) is 32.7 Å². The molecule has 5 nitrogen and oxygen atoms in total. The average molecular weight is 291 g/mol. The molecule has 4 fully saturated rings. The van der Waals surface area contributed by atoms with Gasteiger partial charge >= 0.3 is 11.8 Å². The lowest BCUT2D eigenvalue weighted by atomic mass is 9.78. The van der Waals surface area contributed by atoms with Crippen molar-refractivity contribution in [3.05, 3.63) is 0 Å². The van der Waals surface area contributed by atoms with Crippen LogP contribution in [0.1, 0.15) is 44.9 Å². The lowest BCUT2D eigenvalue weighted by Gasteiger charge is -2.48. The highest BCUT2D eigenvalue weighted by atomic mass is 16.2. The molecular formula is C16H25N3O2. The Morgan fingerprint density at radius 2 is 1.52 bits per heavy atom. The van der Waals surface area contributed by atoms with Crippen LogP contribution in [0.15, 0.2) is 0 Å². The Morgan fingerprint density at radius 1 is 0.810 bits per heavy atom. The minimum absolute atomic E-state index is 0.109. The SMILES string of the molecule is O=C(C(=O)N1CCC2(CCCN2)C1)N1CC2(CCCC2)C1. The lowest BCUT2D eigenvalue weighted by molar-refractivity contribution is -0.158. The van der Waals surface area contributed by atoms with Crippen LogP contribution >= 0.6 is 0 Å². The summed E-state index contributed by atoms with van der Waals surface area (Å²) in [7, 11) is 0. The highest BCUT2D eigenvalue weighted by molar-refractivity contribution is 6.35. The van der Waals surface area contributed by atoms with E-state index in [2.05, 4.69) is 5.32 Å². The molecule has 0 aromatic carbocycles. The van der Waals surface area contributed by atoms with Crippen LogP contribution < -0.4 is 5.32 Å². The van der Waals surface area contributed by atoms with Crippen LogP contribution in [0.25, 0.3) is 0 Å². The molecule has 1 atom stereocenters. The number of likely N-dealkylation sites (tertiary alicyclic amines) is 2. The van der Waals surface area contributed by atoms with Gasteiger partial charge in [-0.3, -0.25) is 9.59 Å². The number of amides is 2. The first kappa shape index (κ1) is 13.6. The maximum atomic E-state index is 12.4. The molecule has 1 aliphatic carbocycles. The van der Waals surface area contributed by atoms with Gasteiger partial charge < -0.3 is 15.1 Å². The third-order valence-corrected chi connectivity index (χ3v) is 6.16. The van der Waals surface area contributed by atoms with E-state index < -0.39 is 0 Å². The lowest BCUT2D eigenvalue weighted by Crippen LogP contribution is -2.60. The molecule has 116 valence electrons.